The van der Waals surface area contributed by atoms with Gasteiger partial charge in [0.2, 0.25) is 9.47 Å². The molecular formula is C19H20N4O3S2. The topological polar surface area (TPSA) is 101 Å². The number of benzene rings is 2. The average molecular weight is 417 g/mol. The van der Waals surface area contributed by atoms with Crippen LogP contribution in [0.2, 0.25) is 0 Å². The normalized spacial score (nSPS) is 12.5. The fraction of sp³-hybridized carbons (Fsp3) is 0.211. The fourth-order valence-electron chi connectivity index (χ4n) is 2.53. The Bertz CT molecular complexity index is 1090. The van der Waals surface area contributed by atoms with Gasteiger partial charge in [0.05, 0.1) is 0 Å². The van der Waals surface area contributed by atoms with Crippen LogP contribution in [0.5, 0.6) is 0 Å². The number of carbonyl (C=O) groups excluding carboxylic acids is 1. The number of nitrogens with one attached hydrogen (secondary N) is 2. The molecule has 1 heterocycles. The van der Waals surface area contributed by atoms with Gasteiger partial charge in [0, 0.05) is 11.6 Å². The first-order valence-electron chi connectivity index (χ1n) is 8.55. The van der Waals surface area contributed by atoms with Crippen molar-refractivity contribution in [2.75, 3.05) is 5.32 Å². The Hall–Kier alpha value is -2.62. The number of amides is 1. The van der Waals surface area contributed by atoms with Crippen LogP contribution in [0.1, 0.15) is 40.0 Å². The molecule has 3 rings (SSSR count). The summed E-state index contributed by atoms with van der Waals surface area (Å²) in [6.45, 7) is 5.60. The Morgan fingerprint density at radius 3 is 2.43 bits per heavy atom. The summed E-state index contributed by atoms with van der Waals surface area (Å²) in [5.74, 6) is -0.371. The van der Waals surface area contributed by atoms with E-state index < -0.39 is 16.1 Å². The Kier molecular flexibility index (Phi) is 5.87. The van der Waals surface area contributed by atoms with E-state index in [1.165, 1.54) is 0 Å². The molecule has 0 spiro atoms. The van der Waals surface area contributed by atoms with Gasteiger partial charge in [-0.3, -0.25) is 10.1 Å². The van der Waals surface area contributed by atoms with E-state index in [4.69, 9.17) is 0 Å². The van der Waals surface area contributed by atoms with E-state index in [0.717, 1.165) is 28.0 Å². The summed E-state index contributed by atoms with van der Waals surface area (Å²) in [5.41, 5.74) is 3.34. The van der Waals surface area contributed by atoms with Gasteiger partial charge in [0.25, 0.3) is 15.9 Å². The molecule has 0 aliphatic rings. The van der Waals surface area contributed by atoms with Crippen molar-refractivity contribution in [3.63, 3.8) is 0 Å². The van der Waals surface area contributed by atoms with Crippen LogP contribution in [-0.2, 0) is 10.0 Å². The molecular weight excluding hydrogens is 396 g/mol. The summed E-state index contributed by atoms with van der Waals surface area (Å²) in [4.78, 5) is 12.3. The minimum absolute atomic E-state index is 0.120. The molecule has 0 radical (unpaired) electrons. The minimum Gasteiger partial charge on any atom is -0.296 e. The summed E-state index contributed by atoms with van der Waals surface area (Å²) in [7, 11) is -3.86. The number of hydrogen-bond acceptors (Lipinski definition) is 6. The van der Waals surface area contributed by atoms with Gasteiger partial charge in [-0.15, -0.1) is 10.2 Å². The van der Waals surface area contributed by atoms with Crippen LogP contribution in [-0.4, -0.2) is 24.5 Å². The van der Waals surface area contributed by atoms with E-state index in [0.29, 0.717) is 5.56 Å². The highest BCUT2D eigenvalue weighted by Gasteiger charge is 2.23. The van der Waals surface area contributed by atoms with E-state index in [9.17, 15) is 13.2 Å². The van der Waals surface area contributed by atoms with Crippen molar-refractivity contribution in [2.24, 2.45) is 0 Å². The molecule has 0 aliphatic heterocycles. The zero-order chi connectivity index (χ0) is 20.3. The quantitative estimate of drug-likeness (QED) is 0.600. The predicted molar refractivity (Wildman–Crippen MR) is 109 cm³/mol. The Morgan fingerprint density at radius 1 is 1.04 bits per heavy atom. The zero-order valence-electron chi connectivity index (χ0n) is 15.6. The summed E-state index contributed by atoms with van der Waals surface area (Å²) >= 11 is 0.802. The smallest absolute Gasteiger partial charge is 0.270 e. The van der Waals surface area contributed by atoms with Crippen LogP contribution in [0.3, 0.4) is 0 Å². The maximum atomic E-state index is 12.6. The molecule has 0 fully saturated rings. The number of aromatic nitrogens is 2. The maximum absolute atomic E-state index is 12.6. The maximum Gasteiger partial charge on any atom is 0.270 e. The van der Waals surface area contributed by atoms with Crippen molar-refractivity contribution in [3.8, 4) is 0 Å². The van der Waals surface area contributed by atoms with E-state index in [2.05, 4.69) is 20.2 Å². The first kappa shape index (κ1) is 20.1. The molecule has 1 amide bonds. The monoisotopic (exact) mass is 416 g/mol. The summed E-state index contributed by atoms with van der Waals surface area (Å²) in [6.07, 6.45) is 0. The van der Waals surface area contributed by atoms with Crippen molar-refractivity contribution in [3.05, 3.63) is 70.8 Å². The predicted octanol–water partition coefficient (Wildman–Crippen LogP) is 3.45. The van der Waals surface area contributed by atoms with Crippen LogP contribution in [0.15, 0.2) is 52.9 Å². The number of aryl methyl sites for hydroxylation is 2. The summed E-state index contributed by atoms with van der Waals surface area (Å²) in [6, 6.07) is 14.2. The van der Waals surface area contributed by atoms with Gasteiger partial charge in [0.1, 0.15) is 0 Å². The Balaban J connectivity index is 1.71. The van der Waals surface area contributed by atoms with Crippen LogP contribution in [0.4, 0.5) is 5.13 Å². The van der Waals surface area contributed by atoms with Crippen molar-refractivity contribution < 1.29 is 13.2 Å². The van der Waals surface area contributed by atoms with Crippen molar-refractivity contribution >= 4 is 32.4 Å². The molecule has 1 aromatic heterocycles. The van der Waals surface area contributed by atoms with Gasteiger partial charge in [-0.05, 0) is 38.5 Å². The highest BCUT2D eigenvalue weighted by molar-refractivity contribution is 7.91. The molecule has 28 heavy (non-hydrogen) atoms. The van der Waals surface area contributed by atoms with Crippen molar-refractivity contribution in [2.45, 2.75) is 31.2 Å². The van der Waals surface area contributed by atoms with Gasteiger partial charge in [-0.1, -0.05) is 58.9 Å². The standard InChI is InChI=1S/C19H20N4O3S2/c1-12-7-9-15(10-8-12)14(3)23-28(25,26)19-22-21-18(27-19)20-17(24)16-6-4-5-13(2)11-16/h4-11,14,23H,1-3H3,(H,20,21,24)/t14-/m0/s1. The highest BCUT2D eigenvalue weighted by Crippen LogP contribution is 2.23. The first-order chi connectivity index (χ1) is 13.2. The number of sulfonamides is 1. The lowest BCUT2D eigenvalue weighted by Gasteiger charge is -2.13. The van der Waals surface area contributed by atoms with Crippen molar-refractivity contribution in [1.29, 1.82) is 0 Å². The second-order valence-corrected chi connectivity index (χ2v) is 9.32. The van der Waals surface area contributed by atoms with Crippen molar-refractivity contribution in [1.82, 2.24) is 14.9 Å². The van der Waals surface area contributed by atoms with E-state index in [1.807, 2.05) is 44.2 Å². The molecule has 3 aromatic rings. The Labute approximate surface area is 167 Å². The molecule has 0 bridgehead atoms. The number of anilines is 1. The molecule has 146 valence electrons. The van der Waals surface area contributed by atoms with Gasteiger partial charge in [0.15, 0.2) is 0 Å². The molecule has 9 heteroatoms. The third-order valence-corrected chi connectivity index (χ3v) is 6.79. The highest BCUT2D eigenvalue weighted by atomic mass is 32.2. The lowest BCUT2D eigenvalue weighted by Crippen LogP contribution is -2.26. The third kappa shape index (κ3) is 4.80. The second-order valence-electron chi connectivity index (χ2n) is 6.45. The molecule has 0 saturated heterocycles. The van der Waals surface area contributed by atoms with Crippen LogP contribution in [0, 0.1) is 13.8 Å². The van der Waals surface area contributed by atoms with Gasteiger partial charge >= 0.3 is 0 Å². The zero-order valence-corrected chi connectivity index (χ0v) is 17.3. The molecule has 7 nitrogen and oxygen atoms in total. The number of carbonyl (C=O) groups is 1. The van der Waals surface area contributed by atoms with Gasteiger partial charge in [-0.2, -0.15) is 0 Å². The molecule has 2 N–H and O–H groups in total. The summed E-state index contributed by atoms with van der Waals surface area (Å²) < 4.78 is 27.5. The Morgan fingerprint density at radius 2 is 1.75 bits per heavy atom. The lowest BCUT2D eigenvalue weighted by atomic mass is 10.1. The molecule has 0 unspecified atom stereocenters. The number of hydrogen-bond donors (Lipinski definition) is 2. The second kappa shape index (κ2) is 8.17. The molecule has 0 saturated carbocycles. The minimum atomic E-state index is -3.86. The lowest BCUT2D eigenvalue weighted by molar-refractivity contribution is 0.102. The summed E-state index contributed by atoms with van der Waals surface area (Å²) in [5, 5.41) is 10.2. The average Bonchev–Trinajstić information content (AvgIpc) is 3.11. The molecule has 1 atom stereocenters. The van der Waals surface area contributed by atoms with Crippen LogP contribution in [0.25, 0.3) is 0 Å². The first-order valence-corrected chi connectivity index (χ1v) is 10.8. The van der Waals surface area contributed by atoms with E-state index >= 15 is 0 Å². The SMILES string of the molecule is Cc1ccc([C@H](C)NS(=O)(=O)c2nnc(NC(=O)c3cccc(C)c3)s2)cc1. The van der Waals surface area contributed by atoms with E-state index in [1.54, 1.807) is 25.1 Å². The third-order valence-electron chi connectivity index (χ3n) is 4.05. The van der Waals surface area contributed by atoms with Crippen LogP contribution >= 0.6 is 11.3 Å². The number of rotatable bonds is 6. The molecule has 2 aromatic carbocycles. The fourth-order valence-corrected chi connectivity index (χ4v) is 4.67. The molecule has 0 aliphatic carbocycles. The van der Waals surface area contributed by atoms with E-state index in [-0.39, 0.29) is 15.4 Å². The largest absolute Gasteiger partial charge is 0.296 e. The number of nitrogens with zero attached hydrogens (tertiary/aromatic N) is 2. The van der Waals surface area contributed by atoms with Gasteiger partial charge in [-0.25, -0.2) is 13.1 Å². The van der Waals surface area contributed by atoms with Gasteiger partial charge < -0.3 is 0 Å². The van der Waals surface area contributed by atoms with Crippen LogP contribution < -0.4 is 10.0 Å².